The number of ether oxygens (including phenoxy) is 1. The smallest absolute Gasteiger partial charge is 0.166 e. The van der Waals surface area contributed by atoms with E-state index < -0.39 is 5.82 Å². The van der Waals surface area contributed by atoms with Gasteiger partial charge in [0.25, 0.3) is 0 Å². The van der Waals surface area contributed by atoms with Gasteiger partial charge in [0, 0.05) is 17.1 Å². The van der Waals surface area contributed by atoms with Gasteiger partial charge in [0.2, 0.25) is 0 Å². The third-order valence-electron chi connectivity index (χ3n) is 5.00. The molecule has 0 saturated carbocycles. The van der Waals surface area contributed by atoms with E-state index in [1.165, 1.54) is 11.1 Å². The molecule has 0 aliphatic heterocycles. The first kappa shape index (κ1) is 21.5. The minimum atomic E-state index is -0.433. The van der Waals surface area contributed by atoms with Gasteiger partial charge in [-0.2, -0.15) is 0 Å². The molecule has 0 bridgehead atoms. The molecular weight excluding hydrogens is 405 g/mol. The first-order chi connectivity index (χ1) is 15.4. The number of nitrogens with two attached hydrogens (primary N) is 2. The highest BCUT2D eigenvalue weighted by Gasteiger charge is 2.13. The highest BCUT2D eigenvalue weighted by molar-refractivity contribution is 5.79. The van der Waals surface area contributed by atoms with Crippen LogP contribution >= 0.6 is 0 Å². The van der Waals surface area contributed by atoms with Crippen molar-refractivity contribution in [2.45, 2.75) is 20.4 Å². The summed E-state index contributed by atoms with van der Waals surface area (Å²) in [7, 11) is 0. The van der Waals surface area contributed by atoms with Crippen molar-refractivity contribution in [1.82, 2.24) is 9.97 Å². The Hall–Kier alpha value is -3.71. The molecule has 32 heavy (non-hydrogen) atoms. The van der Waals surface area contributed by atoms with Gasteiger partial charge < -0.3 is 10.5 Å². The van der Waals surface area contributed by atoms with Crippen molar-refractivity contribution in [2.75, 3.05) is 17.3 Å². The van der Waals surface area contributed by atoms with Crippen LogP contribution in [0.15, 0.2) is 66.9 Å². The van der Waals surface area contributed by atoms with Crippen LogP contribution in [-0.4, -0.2) is 16.6 Å². The van der Waals surface area contributed by atoms with Gasteiger partial charge in [-0.25, -0.2) is 15.2 Å². The molecule has 0 aliphatic carbocycles. The Morgan fingerprint density at radius 3 is 2.69 bits per heavy atom. The molecule has 4 aromatic rings. The molecule has 0 saturated heterocycles. The second-order valence-corrected chi connectivity index (χ2v) is 8.12. The van der Waals surface area contributed by atoms with Gasteiger partial charge >= 0.3 is 0 Å². The highest BCUT2D eigenvalue weighted by atomic mass is 19.1. The number of pyridine rings is 2. The molecule has 0 aliphatic rings. The number of nitrogens with zero attached hydrogens (tertiary/aromatic N) is 3. The molecule has 0 spiro atoms. The molecule has 6 nitrogen and oxygen atoms in total. The molecule has 0 amide bonds. The van der Waals surface area contributed by atoms with Crippen LogP contribution in [0, 0.1) is 11.7 Å². The molecule has 0 radical (unpaired) electrons. The minimum Gasteiger partial charge on any atom is -0.490 e. The van der Waals surface area contributed by atoms with Crippen molar-refractivity contribution in [2.24, 2.45) is 11.8 Å². The van der Waals surface area contributed by atoms with Gasteiger partial charge in [-0.15, -0.1) is 0 Å². The fourth-order valence-corrected chi connectivity index (χ4v) is 3.38. The zero-order chi connectivity index (χ0) is 22.7. The maximum atomic E-state index is 14.5. The summed E-state index contributed by atoms with van der Waals surface area (Å²) in [6, 6.07) is 18.1. The number of hydrogen-bond acceptors (Lipinski definition) is 6. The molecule has 164 valence electrons. The lowest BCUT2D eigenvalue weighted by molar-refractivity contribution is 0.259. The van der Waals surface area contributed by atoms with Crippen LogP contribution in [-0.2, 0) is 6.54 Å². The van der Waals surface area contributed by atoms with Gasteiger partial charge in [-0.05, 0) is 60.0 Å². The molecule has 2 aromatic carbocycles. The van der Waals surface area contributed by atoms with E-state index in [2.05, 4.69) is 9.97 Å². The Balaban J connectivity index is 1.57. The van der Waals surface area contributed by atoms with Crippen molar-refractivity contribution >= 4 is 22.4 Å². The molecule has 7 heteroatoms. The minimum absolute atomic E-state index is 0.226. The van der Waals surface area contributed by atoms with Crippen LogP contribution in [0.4, 0.5) is 15.9 Å². The Labute approximate surface area is 186 Å². The van der Waals surface area contributed by atoms with Gasteiger partial charge in [-0.3, -0.25) is 9.99 Å². The van der Waals surface area contributed by atoms with Crippen molar-refractivity contribution in [3.05, 3.63) is 78.2 Å². The van der Waals surface area contributed by atoms with Crippen LogP contribution in [0.2, 0.25) is 0 Å². The van der Waals surface area contributed by atoms with Crippen LogP contribution in [0.5, 0.6) is 5.75 Å². The average molecular weight is 432 g/mol. The van der Waals surface area contributed by atoms with Crippen LogP contribution in [0.25, 0.3) is 22.2 Å². The van der Waals surface area contributed by atoms with E-state index in [9.17, 15) is 4.39 Å². The summed E-state index contributed by atoms with van der Waals surface area (Å²) < 4.78 is 20.0. The summed E-state index contributed by atoms with van der Waals surface area (Å²) >= 11 is 0. The molecule has 4 N–H and O–H groups in total. The number of benzene rings is 2. The maximum Gasteiger partial charge on any atom is 0.166 e. The molecular formula is C25H26FN5O. The predicted molar refractivity (Wildman–Crippen MR) is 126 cm³/mol. The Bertz CT molecular complexity index is 1240. The fourth-order valence-electron chi connectivity index (χ4n) is 3.38. The van der Waals surface area contributed by atoms with Gasteiger partial charge in [0.05, 0.1) is 30.0 Å². The van der Waals surface area contributed by atoms with Crippen molar-refractivity contribution in [3.8, 4) is 17.0 Å². The third kappa shape index (κ3) is 4.78. The van der Waals surface area contributed by atoms with E-state index in [-0.39, 0.29) is 5.75 Å². The summed E-state index contributed by atoms with van der Waals surface area (Å²) in [6.45, 7) is 4.88. The zero-order valence-electron chi connectivity index (χ0n) is 18.1. The highest BCUT2D eigenvalue weighted by Crippen LogP contribution is 2.29. The second kappa shape index (κ2) is 9.20. The van der Waals surface area contributed by atoms with Gasteiger partial charge in [0.15, 0.2) is 17.4 Å². The van der Waals surface area contributed by atoms with Crippen molar-refractivity contribution in [1.29, 1.82) is 0 Å². The Morgan fingerprint density at radius 2 is 1.91 bits per heavy atom. The summed E-state index contributed by atoms with van der Waals surface area (Å²) in [4.78, 5) is 8.94. The SMILES string of the molecule is CC(C)COc1ccc(-c2ccc(N)c(N(N)Cc3ccc4ncccc4c3)n2)cc1F. The number of hydrazine groups is 1. The first-order valence-electron chi connectivity index (χ1n) is 10.5. The van der Waals surface area contributed by atoms with Crippen LogP contribution < -0.4 is 21.3 Å². The number of hydrogen-bond donors (Lipinski definition) is 2. The van der Waals surface area contributed by atoms with E-state index in [0.717, 1.165) is 16.5 Å². The first-order valence-corrected chi connectivity index (χ1v) is 10.5. The van der Waals surface area contributed by atoms with Crippen molar-refractivity contribution < 1.29 is 9.13 Å². The molecule has 0 unspecified atom stereocenters. The summed E-state index contributed by atoms with van der Waals surface area (Å²) in [5.74, 6) is 6.85. The lowest BCUT2D eigenvalue weighted by Gasteiger charge is -2.20. The lowest BCUT2D eigenvalue weighted by atomic mass is 10.1. The molecule has 0 fully saturated rings. The standard InChI is InChI=1S/C25H26FN5O/c1-16(2)15-32-24-10-6-19(13-20(24)26)23-9-7-21(27)25(30-23)31(28)14-17-5-8-22-18(12-17)4-3-11-29-22/h3-13,16H,14-15,27-28H2,1-2H3. The number of fused-ring (bicyclic) bond motifs is 1. The molecule has 4 rings (SSSR count). The summed E-state index contributed by atoms with van der Waals surface area (Å²) in [5.41, 5.74) is 9.69. The Kier molecular flexibility index (Phi) is 6.18. The zero-order valence-corrected chi connectivity index (χ0v) is 18.1. The Morgan fingerprint density at radius 1 is 1.06 bits per heavy atom. The van der Waals surface area contributed by atoms with E-state index in [1.807, 2.05) is 44.2 Å². The lowest BCUT2D eigenvalue weighted by Crippen LogP contribution is -2.31. The van der Waals surface area contributed by atoms with Gasteiger partial charge in [0.1, 0.15) is 0 Å². The molecule has 2 aromatic heterocycles. The topological polar surface area (TPSA) is 90.3 Å². The van der Waals surface area contributed by atoms with E-state index in [1.54, 1.807) is 30.5 Å². The molecule has 0 atom stereocenters. The monoisotopic (exact) mass is 431 g/mol. The third-order valence-corrected chi connectivity index (χ3v) is 5.00. The van der Waals surface area contributed by atoms with E-state index in [0.29, 0.717) is 41.8 Å². The fraction of sp³-hybridized carbons (Fsp3) is 0.200. The maximum absolute atomic E-state index is 14.5. The second-order valence-electron chi connectivity index (χ2n) is 8.12. The predicted octanol–water partition coefficient (Wildman–Crippen LogP) is 4.93. The summed E-state index contributed by atoms with van der Waals surface area (Å²) in [6.07, 6.45) is 1.76. The van der Waals surface area contributed by atoms with Crippen LogP contribution in [0.1, 0.15) is 19.4 Å². The van der Waals surface area contributed by atoms with Crippen molar-refractivity contribution in [3.63, 3.8) is 0 Å². The van der Waals surface area contributed by atoms with Gasteiger partial charge in [-0.1, -0.05) is 26.0 Å². The molecule has 2 heterocycles. The number of aromatic nitrogens is 2. The van der Waals surface area contributed by atoms with E-state index >= 15 is 0 Å². The number of rotatable bonds is 7. The van der Waals surface area contributed by atoms with Crippen LogP contribution in [0.3, 0.4) is 0 Å². The number of anilines is 2. The number of halogens is 1. The van der Waals surface area contributed by atoms with E-state index in [4.69, 9.17) is 16.3 Å². The quantitative estimate of drug-likeness (QED) is 0.318. The number of nitrogen functional groups attached to an aromatic ring is 1. The average Bonchev–Trinajstić information content (AvgIpc) is 2.78. The summed E-state index contributed by atoms with van der Waals surface area (Å²) in [5, 5.41) is 2.52. The normalized spacial score (nSPS) is 11.2. The largest absolute Gasteiger partial charge is 0.490 e.